The van der Waals surface area contributed by atoms with Crippen molar-refractivity contribution >= 4 is 11.6 Å². The number of carbonyl (C=O) groups excluding carboxylic acids is 1. The highest BCUT2D eigenvalue weighted by molar-refractivity contribution is 5.86. The number of alkyl halides is 3. The molecular formula is C18H22F3N4O3+. The number of rotatable bonds is 5. The fourth-order valence-electron chi connectivity index (χ4n) is 3.68. The topological polar surface area (TPSA) is 64.9 Å². The number of nitrogens with zero attached hydrogens (tertiary/aromatic N) is 3. The summed E-state index contributed by atoms with van der Waals surface area (Å²) in [6.45, 7) is 6.65. The van der Waals surface area contributed by atoms with E-state index in [-0.39, 0.29) is 29.8 Å². The van der Waals surface area contributed by atoms with Crippen molar-refractivity contribution in [1.82, 2.24) is 10.3 Å². The predicted molar refractivity (Wildman–Crippen MR) is 95.4 cm³/mol. The van der Waals surface area contributed by atoms with Crippen LogP contribution in [0, 0.1) is 10.8 Å². The van der Waals surface area contributed by atoms with E-state index in [2.05, 4.69) is 16.6 Å². The number of ether oxygens (including phenoxy) is 1. The molecule has 0 saturated carbocycles. The van der Waals surface area contributed by atoms with Gasteiger partial charge in [-0.1, -0.05) is 6.58 Å². The fourth-order valence-corrected chi connectivity index (χ4v) is 3.68. The van der Waals surface area contributed by atoms with Gasteiger partial charge in [-0.15, -0.1) is 18.2 Å². The second kappa shape index (κ2) is 7.69. The zero-order valence-electron chi connectivity index (χ0n) is 15.4. The smallest absolute Gasteiger partial charge is 0.406 e. The van der Waals surface area contributed by atoms with Crippen molar-refractivity contribution in [2.45, 2.75) is 31.9 Å². The third-order valence-electron chi connectivity index (χ3n) is 4.94. The van der Waals surface area contributed by atoms with Crippen LogP contribution < -0.4 is 15.0 Å². The summed E-state index contributed by atoms with van der Waals surface area (Å²) in [5.74, 6) is -0.630. The molecule has 0 spiro atoms. The number of anilines is 1. The molecule has 0 aromatic heterocycles. The van der Waals surface area contributed by atoms with Crippen molar-refractivity contribution < 1.29 is 27.6 Å². The first-order valence-corrected chi connectivity index (χ1v) is 8.93. The Morgan fingerprint density at radius 2 is 2.04 bits per heavy atom. The summed E-state index contributed by atoms with van der Waals surface area (Å²) in [4.78, 5) is 26.8. The Morgan fingerprint density at radius 1 is 1.36 bits per heavy atom. The van der Waals surface area contributed by atoms with Crippen LogP contribution in [-0.4, -0.2) is 54.0 Å². The van der Waals surface area contributed by atoms with Gasteiger partial charge >= 0.3 is 6.36 Å². The van der Waals surface area contributed by atoms with Crippen LogP contribution in [0.1, 0.15) is 13.3 Å². The Kier molecular flexibility index (Phi) is 5.48. The highest BCUT2D eigenvalue weighted by Gasteiger charge is 2.51. The van der Waals surface area contributed by atoms with E-state index in [9.17, 15) is 22.9 Å². The zero-order chi connectivity index (χ0) is 20.5. The van der Waals surface area contributed by atoms with Gasteiger partial charge in [-0.25, -0.2) is 0 Å². The maximum atomic E-state index is 12.4. The predicted octanol–water partition coefficient (Wildman–Crippen LogP) is 2.44. The van der Waals surface area contributed by atoms with Crippen molar-refractivity contribution in [3.63, 3.8) is 0 Å². The van der Waals surface area contributed by atoms with Crippen LogP contribution in [0.4, 0.5) is 18.9 Å². The van der Waals surface area contributed by atoms with Crippen molar-refractivity contribution in [3.05, 3.63) is 41.8 Å². The van der Waals surface area contributed by atoms with Gasteiger partial charge in [-0.05, 0) is 30.3 Å². The molecule has 0 radical (unpaired) electrons. The molecule has 3 rings (SSSR count). The van der Waals surface area contributed by atoms with E-state index in [1.165, 1.54) is 18.2 Å². The minimum atomic E-state index is -4.75. The fraction of sp³-hybridized carbons (Fsp3) is 0.500. The van der Waals surface area contributed by atoms with E-state index in [1.54, 1.807) is 17.1 Å². The van der Waals surface area contributed by atoms with Gasteiger partial charge in [0.1, 0.15) is 10.6 Å². The van der Waals surface area contributed by atoms with Gasteiger partial charge in [0.25, 0.3) is 0 Å². The Morgan fingerprint density at radius 3 is 2.64 bits per heavy atom. The van der Waals surface area contributed by atoms with Gasteiger partial charge in [0.05, 0.1) is 17.9 Å². The highest BCUT2D eigenvalue weighted by atomic mass is 19.4. The van der Waals surface area contributed by atoms with Crippen LogP contribution in [0.5, 0.6) is 5.75 Å². The van der Waals surface area contributed by atoms with Gasteiger partial charge < -0.3 is 15.0 Å². The monoisotopic (exact) mass is 399 g/mol. The molecule has 1 aromatic rings. The van der Waals surface area contributed by atoms with E-state index >= 15 is 0 Å². The summed E-state index contributed by atoms with van der Waals surface area (Å²) < 4.78 is 41.0. The molecule has 0 bridgehead atoms. The number of nitroso groups, excluding NO2 is 1. The summed E-state index contributed by atoms with van der Waals surface area (Å²) in [5.41, 5.74) is 0.687. The number of hydrazine groups is 1. The van der Waals surface area contributed by atoms with E-state index < -0.39 is 6.36 Å². The van der Waals surface area contributed by atoms with Gasteiger partial charge in [0.2, 0.25) is 11.9 Å². The minimum absolute atomic E-state index is 0.0343. The molecule has 7 nitrogen and oxygen atoms in total. The van der Waals surface area contributed by atoms with E-state index in [0.717, 1.165) is 4.87 Å². The maximum Gasteiger partial charge on any atom is 0.573 e. The molecular weight excluding hydrogens is 377 g/mol. The number of halogens is 3. The van der Waals surface area contributed by atoms with Crippen LogP contribution in [0.2, 0.25) is 0 Å². The first-order chi connectivity index (χ1) is 13.2. The zero-order valence-corrected chi connectivity index (χ0v) is 15.4. The number of hydrogen-bond acceptors (Lipinski definition) is 4. The van der Waals surface area contributed by atoms with Crippen LogP contribution >= 0.6 is 0 Å². The number of hydrogen-bond donors (Lipinski definition) is 1. The standard InChI is InChI=1S/C18H21F3N4O3/c1-3-16(26)22-9-13-10-23(17-8-12(2)25(27)24(17)11-13)14-4-6-15(7-5-14)28-18(19,20)21/h3-7,12-13,17H,1,8-11H2,2H3/p+1. The normalized spacial score (nSPS) is 24.7. The van der Waals surface area contributed by atoms with Crippen molar-refractivity contribution in [2.75, 3.05) is 24.5 Å². The van der Waals surface area contributed by atoms with E-state index in [0.29, 0.717) is 31.7 Å². The molecule has 2 saturated heterocycles. The number of amides is 1. The summed E-state index contributed by atoms with van der Waals surface area (Å²) in [6.07, 6.45) is -3.15. The Bertz CT molecular complexity index is 753. The minimum Gasteiger partial charge on any atom is -0.406 e. The van der Waals surface area contributed by atoms with Crippen LogP contribution in [0.3, 0.4) is 0 Å². The van der Waals surface area contributed by atoms with Crippen LogP contribution in [0.25, 0.3) is 0 Å². The number of carbonyl (C=O) groups is 1. The molecule has 28 heavy (non-hydrogen) atoms. The summed E-state index contributed by atoms with van der Waals surface area (Å²) in [5, 5.41) is 4.45. The largest absolute Gasteiger partial charge is 0.573 e. The highest BCUT2D eigenvalue weighted by Crippen LogP contribution is 2.34. The molecule has 152 valence electrons. The first kappa shape index (κ1) is 20.0. The van der Waals surface area contributed by atoms with Crippen molar-refractivity contribution in [1.29, 1.82) is 0 Å². The quantitative estimate of drug-likeness (QED) is 0.609. The molecule has 0 aliphatic carbocycles. The Hall–Kier alpha value is -2.78. The molecule has 1 N–H and O–H groups in total. The number of nitrogens with one attached hydrogen (secondary N) is 1. The molecule has 3 atom stereocenters. The number of benzene rings is 1. The lowest BCUT2D eigenvalue weighted by atomic mass is 10.0. The Balaban J connectivity index is 1.79. The average Bonchev–Trinajstić information content (AvgIpc) is 2.93. The lowest BCUT2D eigenvalue weighted by Crippen LogP contribution is -2.57. The molecule has 2 aliphatic heterocycles. The van der Waals surface area contributed by atoms with Crippen molar-refractivity contribution in [3.8, 4) is 5.75 Å². The summed E-state index contributed by atoms with van der Waals surface area (Å²) in [7, 11) is 0. The maximum absolute atomic E-state index is 12.4. The Labute approximate surface area is 160 Å². The van der Waals surface area contributed by atoms with E-state index in [4.69, 9.17) is 0 Å². The molecule has 3 unspecified atom stereocenters. The molecule has 1 amide bonds. The third-order valence-corrected chi connectivity index (χ3v) is 4.94. The molecule has 2 aliphatic rings. The van der Waals surface area contributed by atoms with Crippen molar-refractivity contribution in [2.24, 2.45) is 5.92 Å². The molecule has 2 fully saturated rings. The van der Waals surface area contributed by atoms with E-state index in [1.807, 2.05) is 11.8 Å². The third kappa shape index (κ3) is 4.37. The van der Waals surface area contributed by atoms with Crippen LogP contribution in [0.15, 0.2) is 36.9 Å². The lowest BCUT2D eigenvalue weighted by Gasteiger charge is -2.40. The molecule has 2 heterocycles. The lowest BCUT2D eigenvalue weighted by molar-refractivity contribution is -0.715. The second-order valence-corrected chi connectivity index (χ2v) is 7.00. The summed E-state index contributed by atoms with van der Waals surface area (Å²) in [6, 6.07) is 5.39. The second-order valence-electron chi connectivity index (χ2n) is 7.00. The molecule has 1 aromatic carbocycles. The van der Waals surface area contributed by atoms with Crippen LogP contribution in [-0.2, 0) is 4.79 Å². The molecule has 10 heteroatoms. The average molecular weight is 399 g/mol. The van der Waals surface area contributed by atoms with Gasteiger partial charge in [0, 0.05) is 31.6 Å². The SMILES string of the molecule is C=CC(=O)NCC1CN(c2ccc(OC(F)(F)F)cc2)C2CC(C)[N+](=O)N2C1. The summed E-state index contributed by atoms with van der Waals surface area (Å²) >= 11 is 0. The first-order valence-electron chi connectivity index (χ1n) is 8.93. The van der Waals surface area contributed by atoms with Gasteiger partial charge in [-0.3, -0.25) is 4.79 Å². The van der Waals surface area contributed by atoms with Gasteiger partial charge in [0.15, 0.2) is 6.17 Å². The van der Waals surface area contributed by atoms with Gasteiger partial charge in [-0.2, -0.15) is 0 Å². The number of fused-ring (bicyclic) bond motifs is 1.